The summed E-state index contributed by atoms with van der Waals surface area (Å²) in [6.45, 7) is -0.885. The highest BCUT2D eigenvalue weighted by molar-refractivity contribution is 5.85. The summed E-state index contributed by atoms with van der Waals surface area (Å²) < 4.78 is 74.8. The normalized spacial score (nSPS) is 13.9. The summed E-state index contributed by atoms with van der Waals surface area (Å²) in [6, 6.07) is -0.572. The van der Waals surface area contributed by atoms with Crippen LogP contribution < -0.4 is 5.73 Å². The first kappa shape index (κ1) is 18.0. The van der Waals surface area contributed by atoms with E-state index in [1.54, 1.807) is 0 Å². The van der Waals surface area contributed by atoms with E-state index in [1.807, 2.05) is 0 Å². The number of hydrogen-bond acceptors (Lipinski definition) is 2. The number of aliphatic hydroxyl groups is 1. The SMILES string of the molecule is Cl.N[C@H](CO)c1cc(C(F)(F)F)ccc1C(F)(F)F. The fraction of sp³-hybridized carbons (Fsp3) is 0.400. The highest BCUT2D eigenvalue weighted by Crippen LogP contribution is 2.38. The van der Waals surface area contributed by atoms with Crippen molar-refractivity contribution in [2.75, 3.05) is 6.61 Å². The second-order valence-electron chi connectivity index (χ2n) is 3.59. The van der Waals surface area contributed by atoms with E-state index >= 15 is 0 Å². The van der Waals surface area contributed by atoms with Crippen LogP contribution in [0, 0.1) is 0 Å². The fourth-order valence-corrected chi connectivity index (χ4v) is 1.40. The monoisotopic (exact) mass is 309 g/mol. The molecule has 1 aromatic rings. The summed E-state index contributed by atoms with van der Waals surface area (Å²) in [5, 5.41) is 8.70. The molecular formula is C10H10ClF6NO. The number of nitrogens with two attached hydrogens (primary N) is 1. The van der Waals surface area contributed by atoms with Crippen LogP contribution in [0.4, 0.5) is 26.3 Å². The third kappa shape index (κ3) is 4.26. The van der Waals surface area contributed by atoms with Crippen molar-refractivity contribution in [1.82, 2.24) is 0 Å². The summed E-state index contributed by atoms with van der Waals surface area (Å²) >= 11 is 0. The lowest BCUT2D eigenvalue weighted by atomic mass is 9.98. The van der Waals surface area contributed by atoms with Crippen molar-refractivity contribution in [3.8, 4) is 0 Å². The van der Waals surface area contributed by atoms with Gasteiger partial charge in [-0.15, -0.1) is 12.4 Å². The molecule has 0 saturated heterocycles. The number of alkyl halides is 6. The molecule has 3 N–H and O–H groups in total. The molecule has 9 heteroatoms. The summed E-state index contributed by atoms with van der Waals surface area (Å²) in [4.78, 5) is 0. The highest BCUT2D eigenvalue weighted by atomic mass is 35.5. The molecule has 0 amide bonds. The molecule has 0 saturated carbocycles. The molecule has 0 fully saturated rings. The molecule has 0 aliphatic rings. The van der Waals surface area contributed by atoms with Crippen LogP contribution in [0.5, 0.6) is 0 Å². The van der Waals surface area contributed by atoms with E-state index in [1.165, 1.54) is 0 Å². The Morgan fingerprint density at radius 1 is 1.05 bits per heavy atom. The number of halogens is 7. The Morgan fingerprint density at radius 2 is 1.58 bits per heavy atom. The van der Waals surface area contributed by atoms with Crippen LogP contribution in [-0.2, 0) is 12.4 Å². The van der Waals surface area contributed by atoms with Crippen molar-refractivity contribution >= 4 is 12.4 Å². The molecule has 0 aromatic heterocycles. The molecule has 0 aliphatic heterocycles. The summed E-state index contributed by atoms with van der Waals surface area (Å²) in [5.41, 5.74) is 1.89. The lowest BCUT2D eigenvalue weighted by Crippen LogP contribution is -2.21. The zero-order valence-corrected chi connectivity index (χ0v) is 10.0. The molecular weight excluding hydrogens is 300 g/mol. The minimum Gasteiger partial charge on any atom is -0.394 e. The zero-order valence-electron chi connectivity index (χ0n) is 9.22. The molecule has 1 rings (SSSR count). The van der Waals surface area contributed by atoms with Gasteiger partial charge in [0.2, 0.25) is 0 Å². The average Bonchev–Trinajstić information content (AvgIpc) is 2.24. The number of aliphatic hydroxyl groups excluding tert-OH is 1. The average molecular weight is 310 g/mol. The van der Waals surface area contributed by atoms with Gasteiger partial charge in [0, 0.05) is 0 Å². The number of rotatable bonds is 2. The molecule has 1 atom stereocenters. The van der Waals surface area contributed by atoms with Gasteiger partial charge in [-0.25, -0.2) is 0 Å². The minimum atomic E-state index is -4.83. The Labute approximate surface area is 110 Å². The minimum absolute atomic E-state index is 0. The lowest BCUT2D eigenvalue weighted by Gasteiger charge is -2.18. The molecule has 0 radical (unpaired) electrons. The summed E-state index contributed by atoms with van der Waals surface area (Å²) in [6.07, 6.45) is -9.60. The predicted octanol–water partition coefficient (Wildman–Crippen LogP) is 3.14. The van der Waals surface area contributed by atoms with Gasteiger partial charge in [0.05, 0.1) is 23.8 Å². The summed E-state index contributed by atoms with van der Waals surface area (Å²) in [7, 11) is 0. The van der Waals surface area contributed by atoms with Crippen LogP contribution in [0.2, 0.25) is 0 Å². The Balaban J connectivity index is 0.00000324. The molecule has 0 bridgehead atoms. The van der Waals surface area contributed by atoms with Crippen LogP contribution in [-0.4, -0.2) is 11.7 Å². The van der Waals surface area contributed by atoms with Crippen LogP contribution in [0.15, 0.2) is 18.2 Å². The lowest BCUT2D eigenvalue weighted by molar-refractivity contribution is -0.142. The van der Waals surface area contributed by atoms with Crippen LogP contribution in [0.1, 0.15) is 22.7 Å². The van der Waals surface area contributed by atoms with E-state index in [9.17, 15) is 26.3 Å². The Morgan fingerprint density at radius 3 is 1.95 bits per heavy atom. The Bertz CT molecular complexity index is 431. The Kier molecular flexibility index (Phi) is 5.66. The van der Waals surface area contributed by atoms with E-state index < -0.39 is 41.7 Å². The first-order valence-electron chi connectivity index (χ1n) is 4.72. The van der Waals surface area contributed by atoms with E-state index in [0.29, 0.717) is 18.2 Å². The molecule has 0 unspecified atom stereocenters. The maximum Gasteiger partial charge on any atom is 0.416 e. The van der Waals surface area contributed by atoms with Gasteiger partial charge in [0.25, 0.3) is 0 Å². The molecule has 0 aliphatic carbocycles. The first-order chi connectivity index (χ1) is 8.07. The van der Waals surface area contributed by atoms with E-state index in [-0.39, 0.29) is 12.4 Å². The van der Waals surface area contributed by atoms with Crippen molar-refractivity contribution in [2.24, 2.45) is 5.73 Å². The quantitative estimate of drug-likeness (QED) is 0.825. The van der Waals surface area contributed by atoms with Crippen LogP contribution >= 0.6 is 12.4 Å². The first-order valence-corrected chi connectivity index (χ1v) is 4.72. The van der Waals surface area contributed by atoms with Gasteiger partial charge in [-0.2, -0.15) is 26.3 Å². The van der Waals surface area contributed by atoms with Gasteiger partial charge in [0.15, 0.2) is 0 Å². The largest absolute Gasteiger partial charge is 0.416 e. The molecule has 0 spiro atoms. The van der Waals surface area contributed by atoms with Crippen molar-refractivity contribution in [2.45, 2.75) is 18.4 Å². The number of benzene rings is 1. The van der Waals surface area contributed by atoms with Gasteiger partial charge in [-0.1, -0.05) is 0 Å². The van der Waals surface area contributed by atoms with Gasteiger partial charge in [-0.05, 0) is 23.8 Å². The zero-order chi connectivity index (χ0) is 14.1. The van der Waals surface area contributed by atoms with Gasteiger partial charge in [-0.3, -0.25) is 0 Å². The van der Waals surface area contributed by atoms with E-state index in [0.717, 1.165) is 0 Å². The smallest absolute Gasteiger partial charge is 0.394 e. The van der Waals surface area contributed by atoms with Crippen LogP contribution in [0.25, 0.3) is 0 Å². The van der Waals surface area contributed by atoms with E-state index in [2.05, 4.69) is 0 Å². The third-order valence-corrected chi connectivity index (χ3v) is 2.28. The molecule has 2 nitrogen and oxygen atoms in total. The molecule has 1 aromatic carbocycles. The molecule has 110 valence electrons. The standard InChI is InChI=1S/C10H9F6NO.ClH/c11-9(12,13)5-1-2-7(10(14,15)16)6(3-5)8(17)4-18;/h1-3,8,18H,4,17H2;1H/t8-;/m1./s1. The van der Waals surface area contributed by atoms with E-state index in [4.69, 9.17) is 10.8 Å². The van der Waals surface area contributed by atoms with Gasteiger partial charge in [0.1, 0.15) is 0 Å². The van der Waals surface area contributed by atoms with Crippen molar-refractivity contribution in [1.29, 1.82) is 0 Å². The second kappa shape index (κ2) is 5.98. The molecule has 19 heavy (non-hydrogen) atoms. The van der Waals surface area contributed by atoms with Gasteiger partial charge < -0.3 is 10.8 Å². The maximum atomic E-state index is 12.6. The number of hydrogen-bond donors (Lipinski definition) is 2. The predicted molar refractivity (Wildman–Crippen MR) is 57.7 cm³/mol. The third-order valence-electron chi connectivity index (χ3n) is 2.28. The fourth-order valence-electron chi connectivity index (χ4n) is 1.40. The second-order valence-corrected chi connectivity index (χ2v) is 3.59. The van der Waals surface area contributed by atoms with Gasteiger partial charge >= 0.3 is 12.4 Å². The Hall–Kier alpha value is -0.990. The van der Waals surface area contributed by atoms with Crippen molar-refractivity contribution < 1.29 is 31.4 Å². The topological polar surface area (TPSA) is 46.2 Å². The van der Waals surface area contributed by atoms with Crippen molar-refractivity contribution in [3.63, 3.8) is 0 Å². The van der Waals surface area contributed by atoms with Crippen molar-refractivity contribution in [3.05, 3.63) is 34.9 Å². The highest BCUT2D eigenvalue weighted by Gasteiger charge is 2.37. The molecule has 0 heterocycles. The summed E-state index contributed by atoms with van der Waals surface area (Å²) in [5.74, 6) is 0. The maximum absolute atomic E-state index is 12.6. The van der Waals surface area contributed by atoms with Crippen LogP contribution in [0.3, 0.4) is 0 Å².